The van der Waals surface area contributed by atoms with Crippen molar-refractivity contribution >= 4 is 16.0 Å². The number of hydrogen-bond acceptors (Lipinski definition) is 4. The second kappa shape index (κ2) is 6.80. The summed E-state index contributed by atoms with van der Waals surface area (Å²) in [6, 6.07) is 15.8. The van der Waals surface area contributed by atoms with Crippen LogP contribution in [-0.2, 0) is 14.8 Å². The van der Waals surface area contributed by atoms with E-state index in [-0.39, 0.29) is 17.1 Å². The van der Waals surface area contributed by atoms with Gasteiger partial charge >= 0.3 is 5.97 Å². The average Bonchev–Trinajstić information content (AvgIpc) is 2.55. The Labute approximate surface area is 134 Å². The van der Waals surface area contributed by atoms with Crippen LogP contribution in [0.5, 0.6) is 5.75 Å². The zero-order valence-electron chi connectivity index (χ0n) is 12.5. The minimum atomic E-state index is -4.05. The van der Waals surface area contributed by atoms with Crippen molar-refractivity contribution in [2.45, 2.75) is 24.0 Å². The minimum absolute atomic E-state index is 0.0317. The van der Waals surface area contributed by atoms with E-state index < -0.39 is 21.7 Å². The first-order chi connectivity index (χ1) is 10.9. The third kappa shape index (κ3) is 3.88. The molecule has 0 aliphatic rings. The lowest BCUT2D eigenvalue weighted by Gasteiger charge is -2.29. The van der Waals surface area contributed by atoms with E-state index >= 15 is 0 Å². The lowest BCUT2D eigenvalue weighted by molar-refractivity contribution is -0.157. The molecule has 0 heterocycles. The van der Waals surface area contributed by atoms with E-state index in [0.717, 1.165) is 0 Å². The van der Waals surface area contributed by atoms with Crippen LogP contribution >= 0.6 is 0 Å². The lowest BCUT2D eigenvalue weighted by atomic mass is 10.2. The van der Waals surface area contributed by atoms with Crippen molar-refractivity contribution in [2.24, 2.45) is 0 Å². The molecular formula is C16H17NO5S. The van der Waals surface area contributed by atoms with Crippen LogP contribution in [0.15, 0.2) is 65.6 Å². The molecule has 0 amide bonds. The van der Waals surface area contributed by atoms with Crippen molar-refractivity contribution in [3.05, 3.63) is 60.7 Å². The lowest BCUT2D eigenvalue weighted by Crippen LogP contribution is -2.58. The van der Waals surface area contributed by atoms with Gasteiger partial charge in [-0.25, -0.2) is 13.2 Å². The smallest absolute Gasteiger partial charge is 0.364 e. The number of carboxylic acids is 1. The molecule has 1 atom stereocenters. The normalized spacial score (nSPS) is 14.0. The van der Waals surface area contributed by atoms with Gasteiger partial charge in [-0.05, 0) is 24.3 Å². The summed E-state index contributed by atoms with van der Waals surface area (Å²) < 4.78 is 32.5. The first-order valence-corrected chi connectivity index (χ1v) is 8.44. The second-order valence-corrected chi connectivity index (χ2v) is 6.50. The van der Waals surface area contributed by atoms with Gasteiger partial charge in [0.25, 0.3) is 5.72 Å². The summed E-state index contributed by atoms with van der Waals surface area (Å²) in [6.07, 6.45) is -0.0940. The highest BCUT2D eigenvalue weighted by Gasteiger charge is 2.43. The predicted molar refractivity (Wildman–Crippen MR) is 84.5 cm³/mol. The fraction of sp³-hybridized carbons (Fsp3) is 0.188. The maximum atomic E-state index is 12.4. The molecule has 0 bridgehead atoms. The Hall–Kier alpha value is -2.38. The summed E-state index contributed by atoms with van der Waals surface area (Å²) in [5.41, 5.74) is -2.09. The van der Waals surface area contributed by atoms with Gasteiger partial charge < -0.3 is 9.84 Å². The van der Waals surface area contributed by atoms with Crippen LogP contribution in [0.2, 0.25) is 0 Å². The van der Waals surface area contributed by atoms with Gasteiger partial charge in [0.1, 0.15) is 5.75 Å². The standard InChI is InChI=1S/C16H17NO5S/c1-2-16(15(18)19,22-13-9-5-3-6-10-13)17-23(20,21)14-11-7-4-8-12-14/h3-12,17H,2H2,1H3,(H,18,19). The van der Waals surface area contributed by atoms with Gasteiger partial charge in [-0.3, -0.25) is 0 Å². The van der Waals surface area contributed by atoms with E-state index in [2.05, 4.69) is 4.72 Å². The molecule has 0 saturated carbocycles. The minimum Gasteiger partial charge on any atom is -0.477 e. The van der Waals surface area contributed by atoms with Crippen LogP contribution in [0, 0.1) is 0 Å². The van der Waals surface area contributed by atoms with E-state index in [1.165, 1.54) is 19.1 Å². The van der Waals surface area contributed by atoms with Crippen LogP contribution in [0.1, 0.15) is 13.3 Å². The molecule has 6 nitrogen and oxygen atoms in total. The first kappa shape index (κ1) is 17.0. The molecule has 0 saturated heterocycles. The number of rotatable bonds is 7. The van der Waals surface area contributed by atoms with Gasteiger partial charge in [0, 0.05) is 6.42 Å². The highest BCUT2D eigenvalue weighted by Crippen LogP contribution is 2.22. The Morgan fingerprint density at radius 1 is 1.09 bits per heavy atom. The number of para-hydroxylation sites is 1. The van der Waals surface area contributed by atoms with Gasteiger partial charge in [-0.2, -0.15) is 4.72 Å². The maximum absolute atomic E-state index is 12.4. The number of sulfonamides is 1. The number of aliphatic carboxylic acids is 1. The number of benzene rings is 2. The molecule has 7 heteroatoms. The molecule has 0 aliphatic heterocycles. The fourth-order valence-electron chi connectivity index (χ4n) is 1.97. The second-order valence-electron chi connectivity index (χ2n) is 4.82. The molecule has 2 aromatic carbocycles. The molecule has 0 aromatic heterocycles. The Morgan fingerprint density at radius 2 is 1.61 bits per heavy atom. The Kier molecular flexibility index (Phi) is 5.02. The van der Waals surface area contributed by atoms with Crippen molar-refractivity contribution in [2.75, 3.05) is 0 Å². The highest BCUT2D eigenvalue weighted by atomic mass is 32.2. The van der Waals surface area contributed by atoms with Crippen molar-refractivity contribution in [3.8, 4) is 5.75 Å². The SMILES string of the molecule is CCC(NS(=O)(=O)c1ccccc1)(Oc1ccccc1)C(=O)O. The summed E-state index contributed by atoms with van der Waals surface area (Å²) in [7, 11) is -4.05. The van der Waals surface area contributed by atoms with E-state index in [1.807, 2.05) is 0 Å². The number of carboxylic acid groups (broad SMARTS) is 1. The molecule has 0 radical (unpaired) electrons. The van der Waals surface area contributed by atoms with Crippen LogP contribution in [-0.4, -0.2) is 25.2 Å². The van der Waals surface area contributed by atoms with E-state index in [0.29, 0.717) is 0 Å². The van der Waals surface area contributed by atoms with Gasteiger partial charge in [-0.1, -0.05) is 43.3 Å². The Balaban J connectivity index is 2.38. The number of nitrogens with one attached hydrogen (secondary N) is 1. The average molecular weight is 335 g/mol. The molecule has 2 aromatic rings. The van der Waals surface area contributed by atoms with Crippen molar-refractivity contribution < 1.29 is 23.1 Å². The molecule has 1 unspecified atom stereocenters. The summed E-state index contributed by atoms with van der Waals surface area (Å²) in [4.78, 5) is 11.7. The molecule has 0 aliphatic carbocycles. The molecular weight excluding hydrogens is 318 g/mol. The maximum Gasteiger partial charge on any atom is 0.364 e. The molecule has 122 valence electrons. The van der Waals surface area contributed by atoms with Gasteiger partial charge in [0.05, 0.1) is 4.90 Å². The molecule has 0 spiro atoms. The quantitative estimate of drug-likeness (QED) is 0.757. The Bertz CT molecular complexity index is 762. The van der Waals surface area contributed by atoms with Gasteiger partial charge in [-0.15, -0.1) is 0 Å². The summed E-state index contributed by atoms with van der Waals surface area (Å²) in [6.45, 7) is 1.53. The topological polar surface area (TPSA) is 92.7 Å². The summed E-state index contributed by atoms with van der Waals surface area (Å²) in [5.74, 6) is -1.16. The van der Waals surface area contributed by atoms with E-state index in [4.69, 9.17) is 4.74 Å². The third-order valence-electron chi connectivity index (χ3n) is 3.23. The summed E-state index contributed by atoms with van der Waals surface area (Å²) in [5, 5.41) is 9.54. The third-order valence-corrected chi connectivity index (χ3v) is 4.72. The van der Waals surface area contributed by atoms with Crippen LogP contribution in [0.3, 0.4) is 0 Å². The van der Waals surface area contributed by atoms with Gasteiger partial charge in [0.15, 0.2) is 0 Å². The van der Waals surface area contributed by atoms with Crippen molar-refractivity contribution in [3.63, 3.8) is 0 Å². The zero-order chi connectivity index (χ0) is 16.9. The monoisotopic (exact) mass is 335 g/mol. The van der Waals surface area contributed by atoms with Crippen molar-refractivity contribution in [1.29, 1.82) is 0 Å². The van der Waals surface area contributed by atoms with Crippen molar-refractivity contribution in [1.82, 2.24) is 4.72 Å². The van der Waals surface area contributed by atoms with E-state index in [9.17, 15) is 18.3 Å². The largest absolute Gasteiger partial charge is 0.477 e. The van der Waals surface area contributed by atoms with Crippen LogP contribution in [0.25, 0.3) is 0 Å². The number of carbonyl (C=O) groups is 1. The predicted octanol–water partition coefficient (Wildman–Crippen LogP) is 2.23. The fourth-order valence-corrected chi connectivity index (χ4v) is 3.31. The molecule has 0 fully saturated rings. The molecule has 2 rings (SSSR count). The highest BCUT2D eigenvalue weighted by molar-refractivity contribution is 7.89. The zero-order valence-corrected chi connectivity index (χ0v) is 13.3. The Morgan fingerprint density at radius 3 is 2.09 bits per heavy atom. The summed E-state index contributed by atoms with van der Waals surface area (Å²) >= 11 is 0. The molecule has 23 heavy (non-hydrogen) atoms. The number of ether oxygens (including phenoxy) is 1. The van der Waals surface area contributed by atoms with Gasteiger partial charge in [0.2, 0.25) is 10.0 Å². The first-order valence-electron chi connectivity index (χ1n) is 6.96. The molecule has 2 N–H and O–H groups in total. The van der Waals surface area contributed by atoms with E-state index in [1.54, 1.807) is 48.5 Å². The van der Waals surface area contributed by atoms with Crippen LogP contribution in [0.4, 0.5) is 0 Å². The number of hydrogen-bond donors (Lipinski definition) is 2. The van der Waals surface area contributed by atoms with Crippen LogP contribution < -0.4 is 9.46 Å².